The van der Waals surface area contributed by atoms with Gasteiger partial charge in [-0.1, -0.05) is 34.1 Å². The van der Waals surface area contributed by atoms with E-state index in [0.29, 0.717) is 10.0 Å². The number of nitrogens with zero attached hydrogens (tertiary/aromatic N) is 1. The highest BCUT2D eigenvalue weighted by molar-refractivity contribution is 9.10. The van der Waals surface area contributed by atoms with Crippen molar-refractivity contribution in [2.45, 2.75) is 58.7 Å². The van der Waals surface area contributed by atoms with E-state index in [1.165, 1.54) is 0 Å². The summed E-state index contributed by atoms with van der Waals surface area (Å²) in [5.41, 5.74) is -1.24. The van der Waals surface area contributed by atoms with Crippen LogP contribution in [0.5, 0.6) is 0 Å². The number of carbonyl (C=O) groups excluding carboxylic acids is 2. The monoisotopic (exact) mass is 443 g/mol. The van der Waals surface area contributed by atoms with Crippen LogP contribution in [-0.2, 0) is 19.1 Å². The minimum atomic E-state index is -1.47. The van der Waals surface area contributed by atoms with Gasteiger partial charge in [0, 0.05) is 9.40 Å². The number of esters is 2. The van der Waals surface area contributed by atoms with Crippen LogP contribution in [0, 0.1) is 16.0 Å². The van der Waals surface area contributed by atoms with E-state index >= 15 is 0 Å². The maximum atomic E-state index is 12.8. The van der Waals surface area contributed by atoms with Gasteiger partial charge in [0.15, 0.2) is 5.92 Å². The molecule has 0 aliphatic heterocycles. The van der Waals surface area contributed by atoms with Crippen molar-refractivity contribution in [2.24, 2.45) is 5.92 Å². The fourth-order valence-electron chi connectivity index (χ4n) is 2.47. The summed E-state index contributed by atoms with van der Waals surface area (Å²) < 4.78 is 11.3. The Balaban J connectivity index is 3.44. The van der Waals surface area contributed by atoms with E-state index in [1.807, 2.05) is 0 Å². The van der Waals surface area contributed by atoms with Gasteiger partial charge in [-0.2, -0.15) is 0 Å². The van der Waals surface area contributed by atoms with E-state index in [9.17, 15) is 19.7 Å². The molecular formula is C19H26BrNO6. The summed E-state index contributed by atoms with van der Waals surface area (Å²) in [6.45, 7) is 9.37. The number of benzene rings is 1. The van der Waals surface area contributed by atoms with Gasteiger partial charge in [-0.3, -0.25) is 19.7 Å². The molecule has 0 heterocycles. The molecule has 0 aliphatic carbocycles. The van der Waals surface area contributed by atoms with Crippen LogP contribution in [0.25, 0.3) is 0 Å². The van der Waals surface area contributed by atoms with Gasteiger partial charge in [-0.05, 0) is 53.2 Å². The van der Waals surface area contributed by atoms with Crippen LogP contribution in [0.3, 0.4) is 0 Å². The molecule has 27 heavy (non-hydrogen) atoms. The zero-order valence-corrected chi connectivity index (χ0v) is 18.0. The Hall–Kier alpha value is -1.96. The second kappa shape index (κ2) is 8.82. The van der Waals surface area contributed by atoms with Gasteiger partial charge in [0.05, 0.1) is 5.92 Å². The first kappa shape index (κ1) is 23.1. The molecule has 7 nitrogen and oxygen atoms in total. The van der Waals surface area contributed by atoms with Crippen LogP contribution in [0.4, 0.5) is 0 Å². The molecule has 0 N–H and O–H groups in total. The lowest BCUT2D eigenvalue weighted by Crippen LogP contribution is -2.41. The first-order valence-corrected chi connectivity index (χ1v) is 9.32. The fraction of sp³-hybridized carbons (Fsp3) is 0.579. The van der Waals surface area contributed by atoms with Gasteiger partial charge >= 0.3 is 11.9 Å². The average Bonchev–Trinajstić information content (AvgIpc) is 2.42. The minimum absolute atomic E-state index is 0.468. The van der Waals surface area contributed by atoms with Crippen molar-refractivity contribution in [1.29, 1.82) is 0 Å². The number of hydrogen-bond donors (Lipinski definition) is 0. The second-order valence-corrected chi connectivity index (χ2v) is 9.04. The van der Waals surface area contributed by atoms with Gasteiger partial charge in [0.1, 0.15) is 11.2 Å². The molecule has 8 heteroatoms. The van der Waals surface area contributed by atoms with E-state index in [0.717, 1.165) is 0 Å². The Morgan fingerprint density at radius 2 is 1.48 bits per heavy atom. The van der Waals surface area contributed by atoms with Crippen molar-refractivity contribution in [2.75, 3.05) is 6.54 Å². The van der Waals surface area contributed by atoms with Gasteiger partial charge in [-0.25, -0.2) is 0 Å². The van der Waals surface area contributed by atoms with E-state index < -0.39 is 46.4 Å². The van der Waals surface area contributed by atoms with Crippen molar-refractivity contribution in [3.63, 3.8) is 0 Å². The first-order valence-electron chi connectivity index (χ1n) is 8.53. The molecular weight excluding hydrogens is 418 g/mol. The molecule has 0 unspecified atom stereocenters. The van der Waals surface area contributed by atoms with E-state index in [4.69, 9.17) is 9.47 Å². The molecule has 0 saturated heterocycles. The Kier molecular flexibility index (Phi) is 7.54. The summed E-state index contributed by atoms with van der Waals surface area (Å²) >= 11 is 3.35. The molecule has 0 spiro atoms. The molecule has 0 aliphatic rings. The Bertz CT molecular complexity index is 677. The molecule has 1 rings (SSSR count). The van der Waals surface area contributed by atoms with Gasteiger partial charge in [-0.15, -0.1) is 0 Å². The van der Waals surface area contributed by atoms with Crippen LogP contribution in [0.2, 0.25) is 0 Å². The first-order chi connectivity index (χ1) is 12.2. The standard InChI is InChI=1S/C19H26BrNO6/c1-18(2,3)26-16(22)15(17(23)27-19(4,5)6)13(11-21(24)25)12-9-7-8-10-14(12)20/h7-10,13,15H,11H2,1-6H3/t13-/m1/s1. The lowest BCUT2D eigenvalue weighted by Gasteiger charge is -2.29. The number of ether oxygens (including phenoxy) is 2. The molecule has 0 aromatic heterocycles. The lowest BCUT2D eigenvalue weighted by atomic mass is 9.85. The van der Waals surface area contributed by atoms with E-state index in [2.05, 4.69) is 15.9 Å². The third-order valence-electron chi connectivity index (χ3n) is 3.37. The maximum absolute atomic E-state index is 12.8. The van der Waals surface area contributed by atoms with E-state index in [1.54, 1.807) is 65.8 Å². The molecule has 150 valence electrons. The van der Waals surface area contributed by atoms with E-state index in [-0.39, 0.29) is 0 Å². The van der Waals surface area contributed by atoms with Gasteiger partial charge in [0.2, 0.25) is 6.54 Å². The Labute approximate surface area is 167 Å². The minimum Gasteiger partial charge on any atom is -0.459 e. The predicted octanol–water partition coefficient (Wildman–Crippen LogP) is 4.11. The fourth-order valence-corrected chi connectivity index (χ4v) is 3.05. The quantitative estimate of drug-likeness (QED) is 0.284. The van der Waals surface area contributed by atoms with Crippen molar-refractivity contribution in [1.82, 2.24) is 0 Å². The zero-order chi connectivity index (χ0) is 21.0. The summed E-state index contributed by atoms with van der Waals surface area (Å²) in [5, 5.41) is 11.3. The predicted molar refractivity (Wildman–Crippen MR) is 104 cm³/mol. The number of rotatable bonds is 6. The van der Waals surface area contributed by atoms with Crippen LogP contribution >= 0.6 is 15.9 Å². The third kappa shape index (κ3) is 7.66. The summed E-state index contributed by atoms with van der Waals surface area (Å²) in [4.78, 5) is 36.4. The van der Waals surface area contributed by atoms with Gasteiger partial charge in [0.25, 0.3) is 0 Å². The molecule has 1 aromatic carbocycles. The smallest absolute Gasteiger partial charge is 0.321 e. The highest BCUT2D eigenvalue weighted by atomic mass is 79.9. The average molecular weight is 444 g/mol. The summed E-state index contributed by atoms with van der Waals surface area (Å²) in [7, 11) is 0. The van der Waals surface area contributed by atoms with Crippen LogP contribution in [-0.4, -0.2) is 34.6 Å². The van der Waals surface area contributed by atoms with Crippen molar-refractivity contribution < 1.29 is 24.0 Å². The van der Waals surface area contributed by atoms with Crippen molar-refractivity contribution >= 4 is 27.9 Å². The number of nitro groups is 1. The number of halogens is 1. The summed E-state index contributed by atoms with van der Waals surface area (Å²) in [6.07, 6.45) is 0. The largest absolute Gasteiger partial charge is 0.459 e. The summed E-state index contributed by atoms with van der Waals surface area (Å²) in [6, 6.07) is 6.77. The zero-order valence-electron chi connectivity index (χ0n) is 16.4. The Morgan fingerprint density at radius 3 is 1.85 bits per heavy atom. The summed E-state index contributed by atoms with van der Waals surface area (Å²) in [5.74, 6) is -4.20. The topological polar surface area (TPSA) is 95.7 Å². The second-order valence-electron chi connectivity index (χ2n) is 8.19. The van der Waals surface area contributed by atoms with Crippen molar-refractivity contribution in [3.05, 3.63) is 44.4 Å². The molecule has 0 radical (unpaired) electrons. The molecule has 0 amide bonds. The van der Waals surface area contributed by atoms with Gasteiger partial charge < -0.3 is 9.47 Å². The highest BCUT2D eigenvalue weighted by Gasteiger charge is 2.44. The van der Waals surface area contributed by atoms with Crippen molar-refractivity contribution in [3.8, 4) is 0 Å². The highest BCUT2D eigenvalue weighted by Crippen LogP contribution is 2.34. The van der Waals surface area contributed by atoms with Crippen LogP contribution in [0.1, 0.15) is 53.0 Å². The molecule has 0 saturated carbocycles. The lowest BCUT2D eigenvalue weighted by molar-refractivity contribution is -0.484. The normalized spacial score (nSPS) is 13.2. The Morgan fingerprint density at radius 1 is 1.04 bits per heavy atom. The molecule has 1 atom stereocenters. The third-order valence-corrected chi connectivity index (χ3v) is 4.10. The van der Waals surface area contributed by atoms with Crippen LogP contribution in [0.15, 0.2) is 28.7 Å². The molecule has 0 fully saturated rings. The maximum Gasteiger partial charge on any atom is 0.321 e. The number of carbonyl (C=O) groups is 2. The molecule has 1 aromatic rings. The number of hydrogen-bond acceptors (Lipinski definition) is 6. The van der Waals surface area contributed by atoms with Crippen LogP contribution < -0.4 is 0 Å². The SMILES string of the molecule is CC(C)(C)OC(=O)C(C(=O)OC(C)(C)C)[C@H](C[N+](=O)[O-])c1ccccc1Br. The molecule has 0 bridgehead atoms.